The summed E-state index contributed by atoms with van der Waals surface area (Å²) in [5.41, 5.74) is 0. The molecule has 2 atom stereocenters. The van der Waals surface area contributed by atoms with Crippen molar-refractivity contribution in [3.05, 3.63) is 0 Å². The number of carbonyl (C=O) groups is 2. The molecule has 1 aliphatic heterocycles. The summed E-state index contributed by atoms with van der Waals surface area (Å²) in [7, 11) is 0. The van der Waals surface area contributed by atoms with Gasteiger partial charge in [-0.05, 0) is 6.42 Å². The SMILES string of the molecule is CCC1SCC(C(=O)O)N1C(=O)CCNC(C)C. The van der Waals surface area contributed by atoms with Gasteiger partial charge in [0.05, 0.1) is 5.37 Å². The van der Waals surface area contributed by atoms with Crippen LogP contribution in [0.2, 0.25) is 0 Å². The van der Waals surface area contributed by atoms with Crippen LogP contribution in [0.1, 0.15) is 33.6 Å². The largest absolute Gasteiger partial charge is 0.480 e. The van der Waals surface area contributed by atoms with E-state index in [9.17, 15) is 9.59 Å². The van der Waals surface area contributed by atoms with Crippen LogP contribution >= 0.6 is 11.8 Å². The monoisotopic (exact) mass is 274 g/mol. The Morgan fingerprint density at radius 2 is 2.17 bits per heavy atom. The zero-order chi connectivity index (χ0) is 13.7. The second-order valence-corrected chi connectivity index (χ2v) is 5.92. The van der Waals surface area contributed by atoms with Crippen molar-refractivity contribution in [1.29, 1.82) is 0 Å². The molecule has 1 saturated heterocycles. The number of nitrogens with zero attached hydrogens (tertiary/aromatic N) is 1. The molecule has 6 heteroatoms. The second kappa shape index (κ2) is 6.99. The van der Waals surface area contributed by atoms with Crippen molar-refractivity contribution in [2.45, 2.75) is 51.1 Å². The van der Waals surface area contributed by atoms with Crippen LogP contribution in [-0.4, -0.2) is 51.6 Å². The lowest BCUT2D eigenvalue weighted by atomic mass is 10.2. The molecule has 0 bridgehead atoms. The van der Waals surface area contributed by atoms with E-state index >= 15 is 0 Å². The van der Waals surface area contributed by atoms with Crippen LogP contribution in [0.5, 0.6) is 0 Å². The maximum absolute atomic E-state index is 12.1. The Kier molecular flexibility index (Phi) is 5.95. The number of carboxylic acids is 1. The Morgan fingerprint density at radius 1 is 1.50 bits per heavy atom. The second-order valence-electron chi connectivity index (χ2n) is 4.71. The molecular weight excluding hydrogens is 252 g/mol. The molecule has 2 unspecified atom stereocenters. The van der Waals surface area contributed by atoms with Gasteiger partial charge >= 0.3 is 5.97 Å². The minimum atomic E-state index is -0.899. The minimum absolute atomic E-state index is 0.0117. The average molecular weight is 274 g/mol. The van der Waals surface area contributed by atoms with Gasteiger partial charge in [0.1, 0.15) is 6.04 Å². The normalized spacial score (nSPS) is 23.7. The van der Waals surface area contributed by atoms with Crippen molar-refractivity contribution in [1.82, 2.24) is 10.2 Å². The summed E-state index contributed by atoms with van der Waals surface area (Å²) in [5.74, 6) is -0.465. The average Bonchev–Trinajstić information content (AvgIpc) is 2.71. The Bertz CT molecular complexity index is 310. The predicted octanol–water partition coefficient (Wildman–Crippen LogP) is 1.14. The number of carbonyl (C=O) groups excluding carboxylic acids is 1. The highest BCUT2D eigenvalue weighted by molar-refractivity contribution is 8.00. The molecule has 2 N–H and O–H groups in total. The standard InChI is InChI=1S/C12H22N2O3S/c1-4-11-14(9(7-18-11)12(16)17)10(15)5-6-13-8(2)3/h8-9,11,13H,4-7H2,1-3H3,(H,16,17). The first-order valence-corrected chi connectivity index (χ1v) is 7.41. The molecule has 1 aliphatic rings. The van der Waals surface area contributed by atoms with Gasteiger partial charge in [0, 0.05) is 24.8 Å². The molecule has 1 fully saturated rings. The third-order valence-corrected chi connectivity index (χ3v) is 4.36. The molecule has 0 aromatic rings. The van der Waals surface area contributed by atoms with E-state index in [0.29, 0.717) is 24.8 Å². The first kappa shape index (κ1) is 15.3. The van der Waals surface area contributed by atoms with E-state index < -0.39 is 12.0 Å². The summed E-state index contributed by atoms with van der Waals surface area (Å²) in [6.45, 7) is 6.62. The predicted molar refractivity (Wildman–Crippen MR) is 72.6 cm³/mol. The smallest absolute Gasteiger partial charge is 0.327 e. The van der Waals surface area contributed by atoms with E-state index in [2.05, 4.69) is 5.32 Å². The van der Waals surface area contributed by atoms with E-state index in [0.717, 1.165) is 6.42 Å². The number of aliphatic carboxylic acids is 1. The molecule has 0 aromatic carbocycles. The highest BCUT2D eigenvalue weighted by Crippen LogP contribution is 2.31. The highest BCUT2D eigenvalue weighted by Gasteiger charge is 2.40. The molecule has 0 saturated carbocycles. The molecule has 0 aliphatic carbocycles. The maximum Gasteiger partial charge on any atom is 0.327 e. The molecule has 0 spiro atoms. The lowest BCUT2D eigenvalue weighted by Crippen LogP contribution is -2.46. The number of rotatable bonds is 6. The van der Waals surface area contributed by atoms with Crippen LogP contribution in [0.25, 0.3) is 0 Å². The molecule has 5 nitrogen and oxygen atoms in total. The third-order valence-electron chi connectivity index (χ3n) is 2.91. The van der Waals surface area contributed by atoms with Crippen LogP contribution in [0.4, 0.5) is 0 Å². The first-order chi connectivity index (χ1) is 8.47. The quantitative estimate of drug-likeness (QED) is 0.760. The Morgan fingerprint density at radius 3 is 2.67 bits per heavy atom. The summed E-state index contributed by atoms with van der Waals surface area (Å²) in [5, 5.41) is 12.3. The lowest BCUT2D eigenvalue weighted by molar-refractivity contribution is -0.149. The molecule has 1 rings (SSSR count). The van der Waals surface area contributed by atoms with E-state index in [-0.39, 0.29) is 11.3 Å². The van der Waals surface area contributed by atoms with Gasteiger partial charge in [0.2, 0.25) is 5.91 Å². The van der Waals surface area contributed by atoms with Crippen molar-refractivity contribution in [3.8, 4) is 0 Å². The molecule has 0 aromatic heterocycles. The van der Waals surface area contributed by atoms with Gasteiger partial charge in [-0.2, -0.15) is 0 Å². The zero-order valence-electron chi connectivity index (χ0n) is 11.2. The molecule has 1 amide bonds. The fourth-order valence-corrected chi connectivity index (χ4v) is 3.37. The number of hydrogen-bond donors (Lipinski definition) is 2. The summed E-state index contributed by atoms with van der Waals surface area (Å²) < 4.78 is 0. The van der Waals surface area contributed by atoms with E-state index in [1.54, 1.807) is 16.7 Å². The van der Waals surface area contributed by atoms with Gasteiger partial charge < -0.3 is 15.3 Å². The third kappa shape index (κ3) is 3.88. The lowest BCUT2D eigenvalue weighted by Gasteiger charge is -2.26. The zero-order valence-corrected chi connectivity index (χ0v) is 12.0. The number of thioether (sulfide) groups is 1. The molecular formula is C12H22N2O3S. The van der Waals surface area contributed by atoms with Crippen molar-refractivity contribution in [3.63, 3.8) is 0 Å². The van der Waals surface area contributed by atoms with E-state index in [1.807, 2.05) is 20.8 Å². The van der Waals surface area contributed by atoms with Gasteiger partial charge in [-0.15, -0.1) is 11.8 Å². The van der Waals surface area contributed by atoms with E-state index in [4.69, 9.17) is 5.11 Å². The maximum atomic E-state index is 12.1. The Labute approximate surface area is 112 Å². The van der Waals surface area contributed by atoms with Gasteiger partial charge in [-0.3, -0.25) is 4.79 Å². The number of carboxylic acid groups (broad SMARTS) is 1. The highest BCUT2D eigenvalue weighted by atomic mass is 32.2. The number of amides is 1. The molecule has 0 radical (unpaired) electrons. The Balaban J connectivity index is 2.58. The van der Waals surface area contributed by atoms with E-state index in [1.165, 1.54) is 0 Å². The topological polar surface area (TPSA) is 69.6 Å². The van der Waals surface area contributed by atoms with Crippen LogP contribution in [0, 0.1) is 0 Å². The number of hydrogen-bond acceptors (Lipinski definition) is 4. The van der Waals surface area contributed by atoms with Crippen molar-refractivity contribution in [2.75, 3.05) is 12.3 Å². The summed E-state index contributed by atoms with van der Waals surface area (Å²) >= 11 is 1.56. The van der Waals surface area contributed by atoms with Crippen molar-refractivity contribution >= 4 is 23.6 Å². The summed E-state index contributed by atoms with van der Waals surface area (Å²) in [4.78, 5) is 24.8. The van der Waals surface area contributed by atoms with Gasteiger partial charge in [0.15, 0.2) is 0 Å². The van der Waals surface area contributed by atoms with Crippen LogP contribution in [-0.2, 0) is 9.59 Å². The molecule has 18 heavy (non-hydrogen) atoms. The first-order valence-electron chi connectivity index (χ1n) is 6.36. The molecule has 104 valence electrons. The number of nitrogens with one attached hydrogen (secondary N) is 1. The van der Waals surface area contributed by atoms with Crippen LogP contribution in [0.3, 0.4) is 0 Å². The summed E-state index contributed by atoms with van der Waals surface area (Å²) in [6, 6.07) is -0.325. The van der Waals surface area contributed by atoms with Gasteiger partial charge in [-0.25, -0.2) is 4.79 Å². The van der Waals surface area contributed by atoms with Gasteiger partial charge in [-0.1, -0.05) is 20.8 Å². The van der Waals surface area contributed by atoms with Gasteiger partial charge in [0.25, 0.3) is 0 Å². The Hall–Kier alpha value is -0.750. The minimum Gasteiger partial charge on any atom is -0.480 e. The van der Waals surface area contributed by atoms with Crippen LogP contribution in [0.15, 0.2) is 0 Å². The van der Waals surface area contributed by atoms with Crippen molar-refractivity contribution in [2.24, 2.45) is 0 Å². The summed E-state index contributed by atoms with van der Waals surface area (Å²) in [6.07, 6.45) is 1.15. The van der Waals surface area contributed by atoms with Crippen molar-refractivity contribution < 1.29 is 14.7 Å². The molecule has 1 heterocycles. The fourth-order valence-electron chi connectivity index (χ4n) is 2.00. The van der Waals surface area contributed by atoms with Crippen LogP contribution < -0.4 is 5.32 Å². The fraction of sp³-hybridized carbons (Fsp3) is 0.833.